The van der Waals surface area contributed by atoms with E-state index in [9.17, 15) is 0 Å². The summed E-state index contributed by atoms with van der Waals surface area (Å²) < 4.78 is 7.17. The topological polar surface area (TPSA) is 54.7 Å². The normalized spacial score (nSPS) is 11.2. The predicted octanol–water partition coefficient (Wildman–Crippen LogP) is 3.52. The summed E-state index contributed by atoms with van der Waals surface area (Å²) in [6.07, 6.45) is 6.68. The Morgan fingerprint density at radius 3 is 2.69 bits per heavy atom. The standard InChI is InChI=1S/C19H35N5O.HI/c1-7-8-9-10-11-12-23(5)19(20-4)21-15-18-16(2)22-24(17(18)3)13-14-25-6;/h7H,1,8-15H2,2-6H3,(H,20,21);1H. The summed E-state index contributed by atoms with van der Waals surface area (Å²) in [5.41, 5.74) is 3.48. The highest BCUT2D eigenvalue weighted by Crippen LogP contribution is 2.13. The van der Waals surface area contributed by atoms with Crippen LogP contribution in [0.1, 0.15) is 42.6 Å². The van der Waals surface area contributed by atoms with Gasteiger partial charge in [-0.2, -0.15) is 5.10 Å². The highest BCUT2D eigenvalue weighted by atomic mass is 127. The first kappa shape index (κ1) is 24.9. The van der Waals surface area contributed by atoms with Crippen molar-refractivity contribution >= 4 is 29.9 Å². The number of rotatable bonds is 11. The first-order chi connectivity index (χ1) is 12.0. The molecular formula is C19H36IN5O. The zero-order valence-corrected chi connectivity index (χ0v) is 19.4. The molecule has 0 unspecified atom stereocenters. The molecule has 26 heavy (non-hydrogen) atoms. The van der Waals surface area contributed by atoms with Gasteiger partial charge in [0.25, 0.3) is 0 Å². The molecule has 0 atom stereocenters. The molecule has 0 aromatic carbocycles. The summed E-state index contributed by atoms with van der Waals surface area (Å²) >= 11 is 0. The molecule has 0 spiro atoms. The minimum absolute atomic E-state index is 0. The third-order valence-corrected chi connectivity index (χ3v) is 4.44. The molecule has 150 valence electrons. The Morgan fingerprint density at radius 1 is 1.35 bits per heavy atom. The van der Waals surface area contributed by atoms with Crippen LogP contribution in [0.4, 0.5) is 0 Å². The molecule has 0 saturated carbocycles. The maximum atomic E-state index is 5.15. The van der Waals surface area contributed by atoms with Gasteiger partial charge in [-0.15, -0.1) is 30.6 Å². The summed E-state index contributed by atoms with van der Waals surface area (Å²) in [4.78, 5) is 6.59. The third-order valence-electron chi connectivity index (χ3n) is 4.44. The van der Waals surface area contributed by atoms with Gasteiger partial charge in [0.15, 0.2) is 5.96 Å². The molecule has 0 saturated heterocycles. The van der Waals surface area contributed by atoms with E-state index >= 15 is 0 Å². The van der Waals surface area contributed by atoms with Crippen LogP contribution in [0.5, 0.6) is 0 Å². The first-order valence-electron chi connectivity index (χ1n) is 9.09. The molecule has 1 heterocycles. The van der Waals surface area contributed by atoms with Crippen molar-refractivity contribution in [3.8, 4) is 0 Å². The van der Waals surface area contributed by atoms with Crippen LogP contribution in [-0.2, 0) is 17.8 Å². The number of hydrogen-bond acceptors (Lipinski definition) is 3. The second-order valence-corrected chi connectivity index (χ2v) is 6.33. The average Bonchev–Trinajstić information content (AvgIpc) is 2.87. The predicted molar refractivity (Wildman–Crippen MR) is 120 cm³/mol. The number of nitrogens with one attached hydrogen (secondary N) is 1. The minimum Gasteiger partial charge on any atom is -0.383 e. The van der Waals surface area contributed by atoms with Gasteiger partial charge in [0.2, 0.25) is 0 Å². The van der Waals surface area contributed by atoms with Crippen molar-refractivity contribution in [3.63, 3.8) is 0 Å². The number of halogens is 1. The lowest BCUT2D eigenvalue weighted by atomic mass is 10.2. The molecule has 0 aliphatic rings. The van der Waals surface area contributed by atoms with Crippen LogP contribution in [-0.4, -0.2) is 55.0 Å². The second kappa shape index (κ2) is 14.0. The number of aliphatic imine (C=N–C) groups is 1. The molecule has 1 aromatic heterocycles. The average molecular weight is 477 g/mol. The monoisotopic (exact) mass is 477 g/mol. The lowest BCUT2D eigenvalue weighted by Crippen LogP contribution is -2.39. The van der Waals surface area contributed by atoms with Crippen LogP contribution < -0.4 is 5.32 Å². The Balaban J connectivity index is 0.00000625. The summed E-state index contributed by atoms with van der Waals surface area (Å²) in [6.45, 7) is 11.1. The highest BCUT2D eigenvalue weighted by molar-refractivity contribution is 14.0. The Kier molecular flexibility index (Phi) is 13.4. The van der Waals surface area contributed by atoms with E-state index in [-0.39, 0.29) is 24.0 Å². The van der Waals surface area contributed by atoms with Gasteiger partial charge < -0.3 is 15.0 Å². The zero-order valence-electron chi connectivity index (χ0n) is 17.0. The molecule has 0 radical (unpaired) electrons. The van der Waals surface area contributed by atoms with Crippen molar-refractivity contribution in [2.24, 2.45) is 4.99 Å². The molecule has 0 fully saturated rings. The molecule has 1 rings (SSSR count). The van der Waals surface area contributed by atoms with Gasteiger partial charge in [-0.25, -0.2) is 0 Å². The number of hydrogen-bond donors (Lipinski definition) is 1. The molecule has 0 aliphatic carbocycles. The van der Waals surface area contributed by atoms with E-state index < -0.39 is 0 Å². The van der Waals surface area contributed by atoms with Crippen LogP contribution >= 0.6 is 24.0 Å². The van der Waals surface area contributed by atoms with Crippen molar-refractivity contribution in [2.75, 3.05) is 34.4 Å². The number of nitrogens with zero attached hydrogens (tertiary/aromatic N) is 4. The Hall–Kier alpha value is -1.09. The van der Waals surface area contributed by atoms with Crippen molar-refractivity contribution in [1.29, 1.82) is 0 Å². The second-order valence-electron chi connectivity index (χ2n) is 6.33. The molecule has 1 aromatic rings. The number of aryl methyl sites for hydroxylation is 1. The van der Waals surface area contributed by atoms with Gasteiger partial charge in [-0.05, 0) is 33.1 Å². The summed E-state index contributed by atoms with van der Waals surface area (Å²) in [5.74, 6) is 0.923. The maximum Gasteiger partial charge on any atom is 0.193 e. The molecule has 1 N–H and O–H groups in total. The van der Waals surface area contributed by atoms with Crippen LogP contribution in [0.15, 0.2) is 17.6 Å². The summed E-state index contributed by atoms with van der Waals surface area (Å²) in [5, 5.41) is 8.07. The van der Waals surface area contributed by atoms with Crippen molar-refractivity contribution in [1.82, 2.24) is 20.0 Å². The van der Waals surface area contributed by atoms with Gasteiger partial charge in [0.1, 0.15) is 0 Å². The molecule has 0 aliphatic heterocycles. The fraction of sp³-hybridized carbons (Fsp3) is 0.684. The number of ether oxygens (including phenoxy) is 1. The first-order valence-corrected chi connectivity index (χ1v) is 9.09. The lowest BCUT2D eigenvalue weighted by molar-refractivity contribution is 0.182. The summed E-state index contributed by atoms with van der Waals surface area (Å²) in [7, 11) is 5.63. The van der Waals surface area contributed by atoms with Crippen molar-refractivity contribution < 1.29 is 4.74 Å². The molecule has 6 nitrogen and oxygen atoms in total. The zero-order chi connectivity index (χ0) is 18.7. The van der Waals surface area contributed by atoms with E-state index in [1.807, 2.05) is 17.8 Å². The maximum absolute atomic E-state index is 5.15. The largest absolute Gasteiger partial charge is 0.383 e. The minimum atomic E-state index is 0. The van der Waals surface area contributed by atoms with Crippen LogP contribution in [0.3, 0.4) is 0 Å². The molecule has 7 heteroatoms. The number of unbranched alkanes of at least 4 members (excludes halogenated alkanes) is 3. The van der Waals surface area contributed by atoms with Gasteiger partial charge in [-0.1, -0.05) is 12.5 Å². The fourth-order valence-electron chi connectivity index (χ4n) is 2.86. The third kappa shape index (κ3) is 8.07. The Labute approximate surface area is 176 Å². The van der Waals surface area contributed by atoms with Crippen molar-refractivity contribution in [2.45, 2.75) is 52.6 Å². The quantitative estimate of drug-likeness (QED) is 0.174. The van der Waals surface area contributed by atoms with E-state index in [4.69, 9.17) is 4.74 Å². The molecule has 0 amide bonds. The van der Waals surface area contributed by atoms with E-state index in [1.165, 1.54) is 24.1 Å². The van der Waals surface area contributed by atoms with Crippen LogP contribution in [0.2, 0.25) is 0 Å². The van der Waals surface area contributed by atoms with Crippen LogP contribution in [0.25, 0.3) is 0 Å². The Morgan fingerprint density at radius 2 is 2.08 bits per heavy atom. The lowest BCUT2D eigenvalue weighted by Gasteiger charge is -2.22. The van der Waals surface area contributed by atoms with Crippen LogP contribution in [0, 0.1) is 13.8 Å². The number of guanidine groups is 1. The summed E-state index contributed by atoms with van der Waals surface area (Å²) in [6, 6.07) is 0. The number of allylic oxidation sites excluding steroid dienone is 1. The highest BCUT2D eigenvalue weighted by Gasteiger charge is 2.13. The fourth-order valence-corrected chi connectivity index (χ4v) is 2.86. The van der Waals surface area contributed by atoms with E-state index in [1.54, 1.807) is 7.11 Å². The van der Waals surface area contributed by atoms with E-state index in [0.717, 1.165) is 44.1 Å². The van der Waals surface area contributed by atoms with E-state index in [2.05, 4.69) is 47.8 Å². The molecule has 0 bridgehead atoms. The van der Waals surface area contributed by atoms with Crippen molar-refractivity contribution in [3.05, 3.63) is 29.6 Å². The van der Waals surface area contributed by atoms with Gasteiger partial charge >= 0.3 is 0 Å². The Bertz CT molecular complexity index is 556. The van der Waals surface area contributed by atoms with E-state index in [0.29, 0.717) is 6.61 Å². The number of methoxy groups -OCH3 is 1. The molecular weight excluding hydrogens is 441 g/mol. The van der Waals surface area contributed by atoms with Gasteiger partial charge in [-0.3, -0.25) is 9.67 Å². The smallest absolute Gasteiger partial charge is 0.193 e. The van der Waals surface area contributed by atoms with Gasteiger partial charge in [0, 0.05) is 45.6 Å². The van der Waals surface area contributed by atoms with Gasteiger partial charge in [0.05, 0.1) is 18.8 Å². The number of aromatic nitrogens is 2. The SMILES string of the molecule is C=CCCCCCN(C)C(=NC)NCc1c(C)nn(CCOC)c1C.I.